The lowest BCUT2D eigenvalue weighted by molar-refractivity contribution is -0.141. The molecular weight excluding hydrogens is 411 g/mol. The number of nitrogens with zero attached hydrogens (tertiary/aromatic N) is 1. The van der Waals surface area contributed by atoms with E-state index in [1.165, 1.54) is 12.1 Å². The van der Waals surface area contributed by atoms with Gasteiger partial charge in [0.15, 0.2) is 0 Å². The maximum atomic E-state index is 13.3. The van der Waals surface area contributed by atoms with E-state index < -0.39 is 6.04 Å². The Morgan fingerprint density at radius 2 is 1.77 bits per heavy atom. The predicted molar refractivity (Wildman–Crippen MR) is 123 cm³/mol. The second kappa shape index (κ2) is 11.9. The first kappa shape index (κ1) is 23.3. The molecule has 1 fully saturated rings. The third-order valence-electron chi connectivity index (χ3n) is 5.68. The smallest absolute Gasteiger partial charge is 0.243 e. The summed E-state index contributed by atoms with van der Waals surface area (Å²) in [6, 6.07) is 15.8. The number of carbonyl (C=O) groups is 2. The lowest BCUT2D eigenvalue weighted by Gasteiger charge is -2.31. The highest BCUT2D eigenvalue weighted by Gasteiger charge is 2.30. The molecule has 0 radical (unpaired) electrons. The SMILES string of the molecule is CCC(C(=O)NC1CCCC1)N(Cc1ccc(F)cc1)C(=O)CCSc1ccccc1. The molecule has 2 aromatic carbocycles. The Labute approximate surface area is 188 Å². The van der Waals surface area contributed by atoms with Crippen LogP contribution >= 0.6 is 11.8 Å². The van der Waals surface area contributed by atoms with Crippen molar-refractivity contribution in [2.24, 2.45) is 0 Å². The van der Waals surface area contributed by atoms with Crippen LogP contribution in [0.1, 0.15) is 51.0 Å². The van der Waals surface area contributed by atoms with Crippen LogP contribution in [0.25, 0.3) is 0 Å². The van der Waals surface area contributed by atoms with E-state index in [1.54, 1.807) is 28.8 Å². The summed E-state index contributed by atoms with van der Waals surface area (Å²) in [5.41, 5.74) is 0.817. The summed E-state index contributed by atoms with van der Waals surface area (Å²) < 4.78 is 13.3. The molecule has 0 aromatic heterocycles. The van der Waals surface area contributed by atoms with Crippen molar-refractivity contribution in [1.29, 1.82) is 0 Å². The molecule has 31 heavy (non-hydrogen) atoms. The number of nitrogens with one attached hydrogen (secondary N) is 1. The van der Waals surface area contributed by atoms with Gasteiger partial charge in [0.2, 0.25) is 11.8 Å². The van der Waals surface area contributed by atoms with Gasteiger partial charge in [-0.2, -0.15) is 0 Å². The van der Waals surface area contributed by atoms with Crippen LogP contribution in [0.4, 0.5) is 4.39 Å². The van der Waals surface area contributed by atoms with Crippen molar-refractivity contribution < 1.29 is 14.0 Å². The maximum Gasteiger partial charge on any atom is 0.243 e. The molecule has 1 aliphatic rings. The van der Waals surface area contributed by atoms with E-state index in [2.05, 4.69) is 5.32 Å². The first-order chi connectivity index (χ1) is 15.1. The normalized spacial score (nSPS) is 14.9. The van der Waals surface area contributed by atoms with E-state index in [0.717, 1.165) is 36.1 Å². The number of carbonyl (C=O) groups excluding carboxylic acids is 2. The molecule has 2 aromatic rings. The zero-order chi connectivity index (χ0) is 22.1. The second-order valence-corrected chi connectivity index (χ2v) is 9.14. The highest BCUT2D eigenvalue weighted by atomic mass is 32.2. The lowest BCUT2D eigenvalue weighted by atomic mass is 10.1. The summed E-state index contributed by atoms with van der Waals surface area (Å²) in [6.45, 7) is 2.23. The van der Waals surface area contributed by atoms with Gasteiger partial charge in [-0.1, -0.05) is 50.1 Å². The third-order valence-corrected chi connectivity index (χ3v) is 6.70. The van der Waals surface area contributed by atoms with Crippen LogP contribution in [0.5, 0.6) is 0 Å². The van der Waals surface area contributed by atoms with Crippen molar-refractivity contribution in [1.82, 2.24) is 10.2 Å². The molecule has 0 bridgehead atoms. The highest BCUT2D eigenvalue weighted by Crippen LogP contribution is 2.21. The fraction of sp³-hybridized carbons (Fsp3) is 0.440. The standard InChI is InChI=1S/C25H31FN2O2S/c1-2-23(25(30)27-21-8-6-7-9-21)28(18-19-12-14-20(26)15-13-19)24(29)16-17-31-22-10-4-3-5-11-22/h3-5,10-15,21,23H,2,6-9,16-18H2,1H3,(H,27,30). The van der Waals surface area contributed by atoms with Gasteiger partial charge in [-0.3, -0.25) is 9.59 Å². The molecule has 1 N–H and O–H groups in total. The molecule has 1 atom stereocenters. The second-order valence-electron chi connectivity index (χ2n) is 7.97. The summed E-state index contributed by atoms with van der Waals surface area (Å²) in [6.07, 6.45) is 5.15. The van der Waals surface area contributed by atoms with Crippen LogP contribution in [0.2, 0.25) is 0 Å². The van der Waals surface area contributed by atoms with E-state index in [9.17, 15) is 14.0 Å². The first-order valence-electron chi connectivity index (χ1n) is 11.1. The number of thioether (sulfide) groups is 1. The molecule has 166 valence electrons. The third kappa shape index (κ3) is 7.10. The van der Waals surface area contributed by atoms with Crippen molar-refractivity contribution >= 4 is 23.6 Å². The van der Waals surface area contributed by atoms with Gasteiger partial charge in [0.25, 0.3) is 0 Å². The van der Waals surface area contributed by atoms with Gasteiger partial charge in [-0.25, -0.2) is 4.39 Å². The van der Waals surface area contributed by atoms with E-state index in [4.69, 9.17) is 0 Å². The van der Waals surface area contributed by atoms with Gasteiger partial charge in [-0.05, 0) is 49.1 Å². The quantitative estimate of drug-likeness (QED) is 0.516. The summed E-state index contributed by atoms with van der Waals surface area (Å²) >= 11 is 1.63. The van der Waals surface area contributed by atoms with Crippen LogP contribution in [0.3, 0.4) is 0 Å². The van der Waals surface area contributed by atoms with Gasteiger partial charge in [-0.15, -0.1) is 11.8 Å². The summed E-state index contributed by atoms with van der Waals surface area (Å²) in [5, 5.41) is 3.14. The molecule has 0 aliphatic heterocycles. The minimum Gasteiger partial charge on any atom is -0.352 e. The molecule has 0 heterocycles. The Hall–Kier alpha value is -2.34. The Morgan fingerprint density at radius 3 is 2.42 bits per heavy atom. The van der Waals surface area contributed by atoms with Crippen molar-refractivity contribution in [2.75, 3.05) is 5.75 Å². The highest BCUT2D eigenvalue weighted by molar-refractivity contribution is 7.99. The van der Waals surface area contributed by atoms with Crippen molar-refractivity contribution in [3.8, 4) is 0 Å². The molecule has 3 rings (SSSR count). The lowest BCUT2D eigenvalue weighted by Crippen LogP contribution is -2.51. The Balaban J connectivity index is 1.69. The van der Waals surface area contributed by atoms with E-state index >= 15 is 0 Å². The Kier molecular flexibility index (Phi) is 8.95. The van der Waals surface area contributed by atoms with Gasteiger partial charge < -0.3 is 10.2 Å². The van der Waals surface area contributed by atoms with E-state index in [0.29, 0.717) is 25.1 Å². The fourth-order valence-electron chi connectivity index (χ4n) is 3.99. The van der Waals surface area contributed by atoms with Gasteiger partial charge in [0.1, 0.15) is 11.9 Å². The predicted octanol–water partition coefficient (Wildman–Crippen LogP) is 5.17. The molecule has 1 unspecified atom stereocenters. The summed E-state index contributed by atoms with van der Waals surface area (Å²) in [5.74, 6) is 0.192. The van der Waals surface area contributed by atoms with E-state index in [-0.39, 0.29) is 23.7 Å². The maximum absolute atomic E-state index is 13.3. The molecular formula is C25H31FN2O2S. The summed E-state index contributed by atoms with van der Waals surface area (Å²) in [7, 11) is 0. The van der Waals surface area contributed by atoms with Crippen molar-refractivity contribution in [3.63, 3.8) is 0 Å². The number of hydrogen-bond acceptors (Lipinski definition) is 3. The zero-order valence-corrected chi connectivity index (χ0v) is 18.9. The molecule has 1 aliphatic carbocycles. The van der Waals surface area contributed by atoms with Crippen molar-refractivity contribution in [3.05, 3.63) is 66.0 Å². The number of halogens is 1. The van der Waals surface area contributed by atoms with Crippen LogP contribution in [0, 0.1) is 5.82 Å². The number of benzene rings is 2. The molecule has 6 heteroatoms. The van der Waals surface area contributed by atoms with E-state index in [1.807, 2.05) is 37.3 Å². The van der Waals surface area contributed by atoms with Crippen molar-refractivity contribution in [2.45, 2.75) is 69.0 Å². The average Bonchev–Trinajstić information content (AvgIpc) is 3.28. The Morgan fingerprint density at radius 1 is 1.10 bits per heavy atom. The molecule has 0 saturated heterocycles. The monoisotopic (exact) mass is 442 g/mol. The van der Waals surface area contributed by atoms with Crippen LogP contribution in [0.15, 0.2) is 59.5 Å². The van der Waals surface area contributed by atoms with Crippen LogP contribution in [-0.2, 0) is 16.1 Å². The van der Waals surface area contributed by atoms with Gasteiger partial charge in [0, 0.05) is 29.7 Å². The number of rotatable bonds is 10. The fourth-order valence-corrected chi connectivity index (χ4v) is 4.85. The van der Waals surface area contributed by atoms with Crippen LogP contribution < -0.4 is 5.32 Å². The summed E-state index contributed by atoms with van der Waals surface area (Å²) in [4.78, 5) is 29.0. The van der Waals surface area contributed by atoms with Gasteiger partial charge in [0.05, 0.1) is 0 Å². The largest absolute Gasteiger partial charge is 0.352 e. The van der Waals surface area contributed by atoms with Crippen LogP contribution in [-0.4, -0.2) is 34.6 Å². The zero-order valence-electron chi connectivity index (χ0n) is 18.1. The first-order valence-corrected chi connectivity index (χ1v) is 12.1. The topological polar surface area (TPSA) is 49.4 Å². The minimum atomic E-state index is -0.528. The molecule has 1 saturated carbocycles. The Bertz CT molecular complexity index is 838. The number of hydrogen-bond donors (Lipinski definition) is 1. The molecule has 0 spiro atoms. The minimum absolute atomic E-state index is 0.0545. The van der Waals surface area contributed by atoms with Gasteiger partial charge >= 0.3 is 0 Å². The number of amides is 2. The molecule has 2 amide bonds. The molecule has 4 nitrogen and oxygen atoms in total. The average molecular weight is 443 g/mol.